The zero-order valence-corrected chi connectivity index (χ0v) is 13.4. The molecule has 9 heteroatoms. The first-order chi connectivity index (χ1) is 11.6. The Bertz CT molecular complexity index is 1130. The van der Waals surface area contributed by atoms with Gasteiger partial charge in [-0.1, -0.05) is 0 Å². The predicted octanol–water partition coefficient (Wildman–Crippen LogP) is 1.46. The van der Waals surface area contributed by atoms with Gasteiger partial charge in [-0.05, 0) is 13.0 Å². The monoisotopic (exact) mass is 341 g/mol. The fourth-order valence-electron chi connectivity index (χ4n) is 2.41. The first-order valence-corrected chi connectivity index (χ1v) is 7.94. The highest BCUT2D eigenvalue weighted by Crippen LogP contribution is 2.15. The van der Waals surface area contributed by atoms with Crippen molar-refractivity contribution in [2.75, 3.05) is 0 Å². The molecule has 0 atom stereocenters. The van der Waals surface area contributed by atoms with Crippen molar-refractivity contribution in [3.05, 3.63) is 63.4 Å². The third-order valence-electron chi connectivity index (χ3n) is 3.48. The van der Waals surface area contributed by atoms with E-state index in [2.05, 4.69) is 15.1 Å². The summed E-state index contributed by atoms with van der Waals surface area (Å²) in [5, 5.41) is 5.99. The fraction of sp³-hybridized carbons (Fsp3) is 0.133. The Morgan fingerprint density at radius 3 is 3.12 bits per heavy atom. The van der Waals surface area contributed by atoms with Gasteiger partial charge in [0.1, 0.15) is 12.2 Å². The average molecular weight is 341 g/mol. The van der Waals surface area contributed by atoms with Crippen LogP contribution in [0.5, 0.6) is 0 Å². The number of rotatable bonds is 3. The zero-order valence-electron chi connectivity index (χ0n) is 12.5. The first kappa shape index (κ1) is 14.5. The van der Waals surface area contributed by atoms with Gasteiger partial charge < -0.3 is 4.74 Å². The van der Waals surface area contributed by atoms with Crippen LogP contribution < -0.4 is 5.56 Å². The lowest BCUT2D eigenvalue weighted by Crippen LogP contribution is -2.15. The molecule has 8 nitrogen and oxygen atoms in total. The number of nitrogens with zero attached hydrogens (tertiary/aromatic N) is 5. The van der Waals surface area contributed by atoms with Gasteiger partial charge >= 0.3 is 5.97 Å². The Balaban J connectivity index is 1.61. The molecular weight excluding hydrogens is 330 g/mol. The second-order valence-corrected chi connectivity index (χ2v) is 5.94. The van der Waals surface area contributed by atoms with Gasteiger partial charge in [0.2, 0.25) is 0 Å². The third kappa shape index (κ3) is 2.35. The Hall–Kier alpha value is -3.07. The van der Waals surface area contributed by atoms with Crippen molar-refractivity contribution in [2.45, 2.75) is 13.5 Å². The smallest absolute Gasteiger partial charge is 0.344 e. The summed E-state index contributed by atoms with van der Waals surface area (Å²) in [6.45, 7) is 1.62. The van der Waals surface area contributed by atoms with E-state index in [1.807, 2.05) is 0 Å². The molecule has 0 spiro atoms. The van der Waals surface area contributed by atoms with Crippen molar-refractivity contribution in [2.24, 2.45) is 0 Å². The highest BCUT2D eigenvalue weighted by Gasteiger charge is 2.20. The maximum atomic E-state index is 12.4. The number of aryl methyl sites for hydroxylation is 1. The fourth-order valence-corrected chi connectivity index (χ4v) is 3.15. The minimum Gasteiger partial charge on any atom is -0.455 e. The number of carbonyl (C=O) groups excluding carboxylic acids is 1. The maximum Gasteiger partial charge on any atom is 0.344 e. The molecule has 0 amide bonds. The maximum absolute atomic E-state index is 12.4. The van der Waals surface area contributed by atoms with Crippen LogP contribution in [0.4, 0.5) is 0 Å². The van der Waals surface area contributed by atoms with Crippen LogP contribution in [0.3, 0.4) is 0 Å². The standard InChI is InChI=1S/C15H11N5O3S/c1-9-12(13-16-3-2-4-20(13)18-9)14(22)23-8-10-7-11(21)19-5-6-24-15(19)17-10/h2-7H,8H2,1H3. The van der Waals surface area contributed by atoms with Crippen LogP contribution in [-0.4, -0.2) is 30.0 Å². The van der Waals surface area contributed by atoms with E-state index in [-0.39, 0.29) is 12.2 Å². The molecule has 4 heterocycles. The number of esters is 1. The zero-order chi connectivity index (χ0) is 16.7. The van der Waals surface area contributed by atoms with Crippen molar-refractivity contribution < 1.29 is 9.53 Å². The Labute approximate surface area is 139 Å². The lowest BCUT2D eigenvalue weighted by atomic mass is 10.2. The summed E-state index contributed by atoms with van der Waals surface area (Å²) >= 11 is 1.34. The molecular formula is C15H11N5O3S. The van der Waals surface area contributed by atoms with E-state index in [9.17, 15) is 9.59 Å². The second kappa shape index (κ2) is 5.53. The van der Waals surface area contributed by atoms with Gasteiger partial charge in [0.05, 0.1) is 11.4 Å². The summed E-state index contributed by atoms with van der Waals surface area (Å²) in [5.74, 6) is -0.547. The molecule has 0 bridgehead atoms. The summed E-state index contributed by atoms with van der Waals surface area (Å²) in [4.78, 5) is 33.3. The molecule has 0 N–H and O–H groups in total. The molecule has 0 saturated heterocycles. The number of hydrogen-bond donors (Lipinski definition) is 0. The van der Waals surface area contributed by atoms with Crippen LogP contribution in [0.2, 0.25) is 0 Å². The number of ether oxygens (including phenoxy) is 1. The summed E-state index contributed by atoms with van der Waals surface area (Å²) in [5.41, 5.74) is 1.46. The van der Waals surface area contributed by atoms with Crippen molar-refractivity contribution in [1.82, 2.24) is 24.0 Å². The largest absolute Gasteiger partial charge is 0.455 e. The Kier molecular flexibility index (Phi) is 3.35. The number of fused-ring (bicyclic) bond motifs is 2. The van der Waals surface area contributed by atoms with Crippen LogP contribution in [0.25, 0.3) is 10.6 Å². The van der Waals surface area contributed by atoms with E-state index < -0.39 is 5.97 Å². The molecule has 0 aliphatic rings. The van der Waals surface area contributed by atoms with Crippen LogP contribution in [0.1, 0.15) is 21.7 Å². The molecule has 0 aliphatic carbocycles. The molecule has 0 aliphatic heterocycles. The lowest BCUT2D eigenvalue weighted by Gasteiger charge is -2.04. The summed E-state index contributed by atoms with van der Waals surface area (Å²) in [6.07, 6.45) is 4.94. The molecule has 4 rings (SSSR count). The molecule has 4 aromatic heterocycles. The van der Waals surface area contributed by atoms with E-state index in [0.717, 1.165) is 0 Å². The van der Waals surface area contributed by atoms with Gasteiger partial charge in [-0.3, -0.25) is 9.20 Å². The van der Waals surface area contributed by atoms with Gasteiger partial charge in [0.25, 0.3) is 5.56 Å². The van der Waals surface area contributed by atoms with Crippen LogP contribution in [0.15, 0.2) is 40.9 Å². The minimum absolute atomic E-state index is 0.0912. The highest BCUT2D eigenvalue weighted by atomic mass is 32.1. The van der Waals surface area contributed by atoms with E-state index in [4.69, 9.17) is 4.74 Å². The van der Waals surface area contributed by atoms with Gasteiger partial charge in [0.15, 0.2) is 10.6 Å². The van der Waals surface area contributed by atoms with E-state index >= 15 is 0 Å². The second-order valence-electron chi connectivity index (χ2n) is 5.07. The number of carbonyl (C=O) groups is 1. The summed E-state index contributed by atoms with van der Waals surface area (Å²) in [7, 11) is 0. The number of hydrogen-bond acceptors (Lipinski definition) is 7. The molecule has 0 fully saturated rings. The van der Waals surface area contributed by atoms with Crippen LogP contribution >= 0.6 is 11.3 Å². The van der Waals surface area contributed by atoms with Gasteiger partial charge in [0, 0.05) is 30.0 Å². The molecule has 4 aromatic rings. The molecule has 0 unspecified atom stereocenters. The Morgan fingerprint density at radius 2 is 2.25 bits per heavy atom. The van der Waals surface area contributed by atoms with Crippen molar-refractivity contribution in [1.29, 1.82) is 0 Å². The predicted molar refractivity (Wildman–Crippen MR) is 86.2 cm³/mol. The topological polar surface area (TPSA) is 90.9 Å². The summed E-state index contributed by atoms with van der Waals surface area (Å²) < 4.78 is 8.27. The molecule has 0 aromatic carbocycles. The van der Waals surface area contributed by atoms with Crippen LogP contribution in [-0.2, 0) is 11.3 Å². The minimum atomic E-state index is -0.547. The third-order valence-corrected chi connectivity index (χ3v) is 4.24. The van der Waals surface area contributed by atoms with Crippen LogP contribution in [0, 0.1) is 6.92 Å². The summed E-state index contributed by atoms with van der Waals surface area (Å²) in [6, 6.07) is 3.08. The van der Waals surface area contributed by atoms with Crippen molar-refractivity contribution >= 4 is 27.9 Å². The first-order valence-electron chi connectivity index (χ1n) is 7.06. The van der Waals surface area contributed by atoms with E-state index in [1.165, 1.54) is 26.3 Å². The normalized spacial score (nSPS) is 11.2. The van der Waals surface area contributed by atoms with E-state index in [1.54, 1.807) is 37.0 Å². The van der Waals surface area contributed by atoms with Gasteiger partial charge in [-0.15, -0.1) is 11.3 Å². The Morgan fingerprint density at radius 1 is 1.38 bits per heavy atom. The van der Waals surface area contributed by atoms with Gasteiger partial charge in [-0.25, -0.2) is 19.3 Å². The average Bonchev–Trinajstić information content (AvgIpc) is 3.16. The number of aromatic nitrogens is 5. The lowest BCUT2D eigenvalue weighted by molar-refractivity contribution is 0.0469. The van der Waals surface area contributed by atoms with Gasteiger partial charge in [-0.2, -0.15) is 5.10 Å². The van der Waals surface area contributed by atoms with Crippen molar-refractivity contribution in [3.8, 4) is 0 Å². The number of thiazole rings is 1. The highest BCUT2D eigenvalue weighted by molar-refractivity contribution is 7.15. The molecule has 0 saturated carbocycles. The van der Waals surface area contributed by atoms with E-state index in [0.29, 0.717) is 27.6 Å². The molecule has 0 radical (unpaired) electrons. The molecule has 24 heavy (non-hydrogen) atoms. The quantitative estimate of drug-likeness (QED) is 0.524. The van der Waals surface area contributed by atoms with Crippen molar-refractivity contribution in [3.63, 3.8) is 0 Å². The SMILES string of the molecule is Cc1nn2cccnc2c1C(=O)OCc1cc(=O)n2ccsc2n1. The molecule has 120 valence electrons.